The van der Waals surface area contributed by atoms with E-state index in [1.54, 1.807) is 7.11 Å². The second-order valence-electron chi connectivity index (χ2n) is 7.04. The van der Waals surface area contributed by atoms with E-state index in [-0.39, 0.29) is 0 Å². The summed E-state index contributed by atoms with van der Waals surface area (Å²) in [5, 5.41) is 4.79. The van der Waals surface area contributed by atoms with Crippen molar-refractivity contribution in [2.24, 2.45) is 0 Å². The number of ether oxygens (including phenoxy) is 1. The summed E-state index contributed by atoms with van der Waals surface area (Å²) < 4.78 is 7.25. The van der Waals surface area contributed by atoms with Crippen molar-refractivity contribution in [3.8, 4) is 16.9 Å². The average Bonchev–Trinajstić information content (AvgIpc) is 3.12. The highest BCUT2D eigenvalue weighted by Gasteiger charge is 2.23. The van der Waals surface area contributed by atoms with Gasteiger partial charge in [0.05, 0.1) is 7.11 Å². The lowest BCUT2D eigenvalue weighted by atomic mass is 9.96. The zero-order valence-electron chi connectivity index (χ0n) is 15.6. The second kappa shape index (κ2) is 7.46. The zero-order chi connectivity index (χ0) is 17.9. The van der Waals surface area contributed by atoms with Crippen LogP contribution in [-0.4, -0.2) is 46.2 Å². The van der Waals surface area contributed by atoms with Crippen molar-refractivity contribution in [1.29, 1.82) is 0 Å². The van der Waals surface area contributed by atoms with E-state index in [4.69, 9.17) is 14.8 Å². The molecule has 5 heteroatoms. The molecule has 136 valence electrons. The van der Waals surface area contributed by atoms with Crippen molar-refractivity contribution >= 4 is 5.65 Å². The third-order valence-corrected chi connectivity index (χ3v) is 5.24. The van der Waals surface area contributed by atoms with Gasteiger partial charge in [-0.3, -0.25) is 0 Å². The molecule has 1 saturated heterocycles. The van der Waals surface area contributed by atoms with Crippen LogP contribution >= 0.6 is 0 Å². The van der Waals surface area contributed by atoms with Gasteiger partial charge < -0.3 is 9.64 Å². The molecule has 4 rings (SSSR count). The van der Waals surface area contributed by atoms with Crippen LogP contribution in [0.1, 0.15) is 37.9 Å². The maximum absolute atomic E-state index is 5.33. The zero-order valence-corrected chi connectivity index (χ0v) is 15.6. The lowest BCUT2D eigenvalue weighted by Gasteiger charge is -2.30. The summed E-state index contributed by atoms with van der Waals surface area (Å²) in [5.74, 6) is 2.33. The van der Waals surface area contributed by atoms with Crippen LogP contribution in [0.25, 0.3) is 16.8 Å². The first-order valence-electron chi connectivity index (χ1n) is 9.50. The Balaban J connectivity index is 1.56. The molecule has 3 heterocycles. The highest BCUT2D eigenvalue weighted by atomic mass is 16.5. The molecule has 2 aromatic heterocycles. The van der Waals surface area contributed by atoms with E-state index in [1.165, 1.54) is 13.0 Å². The van der Waals surface area contributed by atoms with E-state index in [0.717, 1.165) is 54.3 Å². The molecule has 1 fully saturated rings. The van der Waals surface area contributed by atoms with E-state index in [2.05, 4.69) is 36.2 Å². The van der Waals surface area contributed by atoms with E-state index in [1.807, 2.05) is 22.7 Å². The van der Waals surface area contributed by atoms with E-state index in [9.17, 15) is 0 Å². The molecule has 1 aliphatic heterocycles. The number of hydrogen-bond donors (Lipinski definition) is 0. The number of piperidine rings is 1. The first-order valence-corrected chi connectivity index (χ1v) is 9.50. The fourth-order valence-corrected chi connectivity index (χ4v) is 3.78. The van der Waals surface area contributed by atoms with Crippen molar-refractivity contribution in [2.75, 3.05) is 26.7 Å². The number of pyridine rings is 1. The predicted octanol–water partition coefficient (Wildman–Crippen LogP) is 3.99. The average molecular weight is 350 g/mol. The lowest BCUT2D eigenvalue weighted by Crippen LogP contribution is -2.33. The molecule has 0 aliphatic carbocycles. The number of methoxy groups -OCH3 is 1. The molecule has 3 aromatic rings. The van der Waals surface area contributed by atoms with E-state index in [0.29, 0.717) is 5.92 Å². The number of benzene rings is 1. The summed E-state index contributed by atoms with van der Waals surface area (Å²) in [4.78, 5) is 7.33. The molecular formula is C21H26N4O. The molecule has 0 radical (unpaired) electrons. The van der Waals surface area contributed by atoms with Gasteiger partial charge in [-0.15, -0.1) is 0 Å². The summed E-state index contributed by atoms with van der Waals surface area (Å²) >= 11 is 0. The summed E-state index contributed by atoms with van der Waals surface area (Å²) in [7, 11) is 1.69. The Morgan fingerprint density at radius 2 is 1.96 bits per heavy atom. The van der Waals surface area contributed by atoms with Crippen LogP contribution in [-0.2, 0) is 0 Å². The predicted molar refractivity (Wildman–Crippen MR) is 104 cm³/mol. The molecule has 0 saturated carbocycles. The molecular weight excluding hydrogens is 324 g/mol. The van der Waals surface area contributed by atoms with Gasteiger partial charge in [0.2, 0.25) is 0 Å². The van der Waals surface area contributed by atoms with Gasteiger partial charge in [0.1, 0.15) is 5.75 Å². The Morgan fingerprint density at radius 1 is 1.12 bits per heavy atom. The molecule has 0 bridgehead atoms. The number of fused-ring (bicyclic) bond motifs is 1. The third kappa shape index (κ3) is 3.44. The van der Waals surface area contributed by atoms with Gasteiger partial charge in [-0.05, 0) is 68.7 Å². The minimum absolute atomic E-state index is 0.475. The number of likely N-dealkylation sites (tertiary alicyclic amines) is 1. The van der Waals surface area contributed by atoms with Gasteiger partial charge in [-0.25, -0.2) is 9.50 Å². The Bertz CT molecular complexity index is 881. The molecule has 0 amide bonds. The normalized spacial score (nSPS) is 16.2. The first-order chi connectivity index (χ1) is 12.8. The molecule has 0 N–H and O–H groups in total. The third-order valence-electron chi connectivity index (χ3n) is 5.24. The smallest absolute Gasteiger partial charge is 0.155 e. The maximum atomic E-state index is 5.33. The van der Waals surface area contributed by atoms with Crippen LogP contribution in [0.2, 0.25) is 0 Å². The van der Waals surface area contributed by atoms with Gasteiger partial charge in [0.15, 0.2) is 11.5 Å². The lowest BCUT2D eigenvalue weighted by molar-refractivity contribution is 0.210. The molecule has 0 unspecified atom stereocenters. The Morgan fingerprint density at radius 3 is 2.73 bits per heavy atom. The fraction of sp³-hybridized carbons (Fsp3) is 0.429. The Labute approximate surface area is 154 Å². The number of rotatable bonds is 5. The standard InChI is InChI=1S/C21H26N4O/c1-3-11-24-12-9-16(10-13-24)21-22-20-8-7-18(15-25(20)23-21)17-5-4-6-19(14-17)26-2/h4-8,14-16H,3,9-13H2,1-2H3. The monoisotopic (exact) mass is 350 g/mol. The minimum Gasteiger partial charge on any atom is -0.497 e. The number of hydrogen-bond acceptors (Lipinski definition) is 4. The quantitative estimate of drug-likeness (QED) is 0.698. The Kier molecular flexibility index (Phi) is 4.89. The molecule has 0 atom stereocenters. The SMILES string of the molecule is CCCN1CCC(c2nc3ccc(-c4cccc(OC)c4)cn3n2)CC1. The van der Waals surface area contributed by atoms with Crippen LogP contribution in [0.15, 0.2) is 42.6 Å². The summed E-state index contributed by atoms with van der Waals surface area (Å²) in [6.07, 6.45) is 5.59. The van der Waals surface area contributed by atoms with Gasteiger partial charge in [0.25, 0.3) is 0 Å². The van der Waals surface area contributed by atoms with Crippen molar-refractivity contribution < 1.29 is 4.74 Å². The summed E-state index contributed by atoms with van der Waals surface area (Å²) in [6.45, 7) is 5.76. The highest BCUT2D eigenvalue weighted by molar-refractivity contribution is 5.65. The van der Waals surface area contributed by atoms with Crippen LogP contribution < -0.4 is 4.74 Å². The van der Waals surface area contributed by atoms with Crippen molar-refractivity contribution in [2.45, 2.75) is 32.1 Å². The molecule has 26 heavy (non-hydrogen) atoms. The largest absolute Gasteiger partial charge is 0.497 e. The molecule has 1 aliphatic rings. The first kappa shape index (κ1) is 17.0. The van der Waals surface area contributed by atoms with Gasteiger partial charge >= 0.3 is 0 Å². The van der Waals surface area contributed by atoms with Gasteiger partial charge in [0, 0.05) is 17.7 Å². The van der Waals surface area contributed by atoms with Crippen LogP contribution in [0.4, 0.5) is 0 Å². The van der Waals surface area contributed by atoms with Gasteiger partial charge in [-0.1, -0.05) is 19.1 Å². The second-order valence-corrected chi connectivity index (χ2v) is 7.04. The van der Waals surface area contributed by atoms with E-state index >= 15 is 0 Å². The van der Waals surface area contributed by atoms with Crippen LogP contribution in [0, 0.1) is 0 Å². The topological polar surface area (TPSA) is 42.7 Å². The van der Waals surface area contributed by atoms with Crippen molar-refractivity contribution in [1.82, 2.24) is 19.5 Å². The van der Waals surface area contributed by atoms with Crippen LogP contribution in [0.5, 0.6) is 5.75 Å². The van der Waals surface area contributed by atoms with Crippen molar-refractivity contribution in [3.05, 3.63) is 48.4 Å². The highest BCUT2D eigenvalue weighted by Crippen LogP contribution is 2.28. The summed E-state index contributed by atoms with van der Waals surface area (Å²) in [5.41, 5.74) is 3.16. The maximum Gasteiger partial charge on any atom is 0.155 e. The minimum atomic E-state index is 0.475. The number of aromatic nitrogens is 3. The molecule has 0 spiro atoms. The Hall–Kier alpha value is -2.40. The molecule has 1 aromatic carbocycles. The summed E-state index contributed by atoms with van der Waals surface area (Å²) in [6, 6.07) is 12.3. The fourth-order valence-electron chi connectivity index (χ4n) is 3.78. The van der Waals surface area contributed by atoms with Crippen molar-refractivity contribution in [3.63, 3.8) is 0 Å². The van der Waals surface area contributed by atoms with Gasteiger partial charge in [-0.2, -0.15) is 5.10 Å². The molecule has 5 nitrogen and oxygen atoms in total. The van der Waals surface area contributed by atoms with E-state index < -0.39 is 0 Å². The van der Waals surface area contributed by atoms with Crippen LogP contribution in [0.3, 0.4) is 0 Å². The number of nitrogens with zero attached hydrogens (tertiary/aromatic N) is 4.